The van der Waals surface area contributed by atoms with E-state index in [1.165, 1.54) is 12.1 Å². The molecule has 140 valence electrons. The summed E-state index contributed by atoms with van der Waals surface area (Å²) in [6, 6.07) is 11.7. The Morgan fingerprint density at radius 1 is 1.04 bits per heavy atom. The first kappa shape index (κ1) is 18.5. The molecule has 0 spiro atoms. The molecule has 1 aliphatic rings. The molecular weight excluding hydrogens is 359 g/mol. The molecule has 27 heavy (non-hydrogen) atoms. The van der Waals surface area contributed by atoms with Gasteiger partial charge in [-0.15, -0.1) is 0 Å². The van der Waals surface area contributed by atoms with E-state index in [9.17, 15) is 22.8 Å². The number of anilines is 1. The third kappa shape index (κ3) is 4.11. The van der Waals surface area contributed by atoms with Crippen LogP contribution in [0, 0.1) is 0 Å². The molecule has 0 saturated heterocycles. The van der Waals surface area contributed by atoms with E-state index in [4.69, 9.17) is 0 Å². The molecule has 0 unspecified atom stereocenters. The van der Waals surface area contributed by atoms with Crippen molar-refractivity contribution in [2.75, 3.05) is 5.32 Å². The Bertz CT molecular complexity index is 891. The van der Waals surface area contributed by atoms with Gasteiger partial charge in [-0.05, 0) is 36.8 Å². The summed E-state index contributed by atoms with van der Waals surface area (Å²) in [5.41, 5.74) is 0.680. The van der Waals surface area contributed by atoms with E-state index in [1.807, 2.05) is 0 Å². The number of benzene rings is 2. The van der Waals surface area contributed by atoms with Gasteiger partial charge in [0.25, 0.3) is 5.91 Å². The summed E-state index contributed by atoms with van der Waals surface area (Å²) >= 11 is 0. The van der Waals surface area contributed by atoms with E-state index >= 15 is 0 Å². The molecule has 0 radical (unpaired) electrons. The molecule has 0 aliphatic carbocycles. The summed E-state index contributed by atoms with van der Waals surface area (Å²) in [7, 11) is 0. The van der Waals surface area contributed by atoms with Crippen LogP contribution in [0.2, 0.25) is 0 Å². The lowest BCUT2D eigenvalue weighted by Crippen LogP contribution is -2.46. The van der Waals surface area contributed by atoms with E-state index in [0.29, 0.717) is 16.9 Å². The number of urea groups is 1. The third-order valence-electron chi connectivity index (χ3n) is 4.12. The minimum Gasteiger partial charge on any atom is -0.327 e. The highest BCUT2D eigenvalue weighted by atomic mass is 19.4. The van der Waals surface area contributed by atoms with Gasteiger partial charge in [0.1, 0.15) is 0 Å². The molecule has 0 aromatic heterocycles. The number of carbonyl (C=O) groups is 2. The smallest absolute Gasteiger partial charge is 0.327 e. The van der Waals surface area contributed by atoms with Crippen LogP contribution in [0.15, 0.2) is 65.9 Å². The van der Waals surface area contributed by atoms with Crippen LogP contribution in [0.25, 0.3) is 0 Å². The van der Waals surface area contributed by atoms with Gasteiger partial charge in [0.2, 0.25) is 0 Å². The molecule has 1 atom stereocenters. The maximum absolute atomic E-state index is 12.8. The van der Waals surface area contributed by atoms with Crippen LogP contribution >= 0.6 is 0 Å². The molecule has 1 aliphatic heterocycles. The lowest BCUT2D eigenvalue weighted by molar-refractivity contribution is -0.137. The highest BCUT2D eigenvalue weighted by Crippen LogP contribution is 2.32. The van der Waals surface area contributed by atoms with Crippen molar-refractivity contribution < 1.29 is 22.8 Å². The van der Waals surface area contributed by atoms with Crippen LogP contribution < -0.4 is 16.0 Å². The van der Waals surface area contributed by atoms with E-state index in [-0.39, 0.29) is 5.57 Å². The number of allylic oxidation sites excluding steroid dienone is 1. The van der Waals surface area contributed by atoms with Crippen molar-refractivity contribution in [2.24, 2.45) is 0 Å². The van der Waals surface area contributed by atoms with Crippen LogP contribution in [0.1, 0.15) is 24.1 Å². The van der Waals surface area contributed by atoms with Crippen molar-refractivity contribution in [1.29, 1.82) is 0 Å². The number of hydrogen-bond acceptors (Lipinski definition) is 2. The number of alkyl halides is 3. The topological polar surface area (TPSA) is 70.2 Å². The van der Waals surface area contributed by atoms with Gasteiger partial charge in [0.15, 0.2) is 0 Å². The Morgan fingerprint density at radius 3 is 2.26 bits per heavy atom. The maximum Gasteiger partial charge on any atom is 0.416 e. The van der Waals surface area contributed by atoms with Crippen molar-refractivity contribution in [2.45, 2.75) is 19.1 Å². The number of amides is 3. The molecule has 3 rings (SSSR count). The highest BCUT2D eigenvalue weighted by molar-refractivity contribution is 6.06. The SMILES string of the molecule is CC1=C(C(=O)Nc2ccccc2)[C@@H](c2ccc(C(F)(F)F)cc2)NC(=O)N1. The summed E-state index contributed by atoms with van der Waals surface area (Å²) in [4.78, 5) is 24.6. The van der Waals surface area contributed by atoms with E-state index < -0.39 is 29.7 Å². The Morgan fingerprint density at radius 2 is 1.67 bits per heavy atom. The zero-order valence-electron chi connectivity index (χ0n) is 14.2. The van der Waals surface area contributed by atoms with E-state index in [0.717, 1.165) is 12.1 Å². The van der Waals surface area contributed by atoms with Crippen LogP contribution in [0.4, 0.5) is 23.7 Å². The number of rotatable bonds is 3. The molecule has 0 fully saturated rings. The number of para-hydroxylation sites is 1. The quantitative estimate of drug-likeness (QED) is 0.760. The summed E-state index contributed by atoms with van der Waals surface area (Å²) in [6.45, 7) is 1.57. The van der Waals surface area contributed by atoms with Crippen LogP contribution in [0.5, 0.6) is 0 Å². The molecule has 8 heteroatoms. The van der Waals surface area contributed by atoms with Crippen LogP contribution in [-0.4, -0.2) is 11.9 Å². The Kier molecular flexibility index (Phi) is 4.89. The van der Waals surface area contributed by atoms with Crippen molar-refractivity contribution in [3.8, 4) is 0 Å². The van der Waals surface area contributed by atoms with Gasteiger partial charge in [-0.2, -0.15) is 13.2 Å². The molecular formula is C19H16F3N3O2. The minimum absolute atomic E-state index is 0.221. The van der Waals surface area contributed by atoms with Gasteiger partial charge in [-0.25, -0.2) is 4.79 Å². The average Bonchev–Trinajstić information content (AvgIpc) is 2.61. The molecule has 0 saturated carbocycles. The summed E-state index contributed by atoms with van der Waals surface area (Å²) < 4.78 is 38.3. The second kappa shape index (κ2) is 7.14. The highest BCUT2D eigenvalue weighted by Gasteiger charge is 2.33. The molecule has 1 heterocycles. The van der Waals surface area contributed by atoms with Crippen molar-refractivity contribution in [1.82, 2.24) is 10.6 Å². The predicted octanol–water partition coefficient (Wildman–Crippen LogP) is 3.97. The Balaban J connectivity index is 1.93. The molecule has 3 N–H and O–H groups in total. The molecule has 2 aromatic carbocycles. The third-order valence-corrected chi connectivity index (χ3v) is 4.12. The van der Waals surface area contributed by atoms with Gasteiger partial charge in [0, 0.05) is 11.4 Å². The Hall–Kier alpha value is -3.29. The second-order valence-corrected chi connectivity index (χ2v) is 6.01. The van der Waals surface area contributed by atoms with Crippen molar-refractivity contribution in [3.63, 3.8) is 0 Å². The lowest BCUT2D eigenvalue weighted by atomic mass is 9.94. The monoisotopic (exact) mass is 375 g/mol. The van der Waals surface area contributed by atoms with Gasteiger partial charge in [-0.3, -0.25) is 4.79 Å². The van der Waals surface area contributed by atoms with Gasteiger partial charge >= 0.3 is 12.2 Å². The van der Waals surface area contributed by atoms with E-state index in [1.54, 1.807) is 37.3 Å². The summed E-state index contributed by atoms with van der Waals surface area (Å²) in [5.74, 6) is -0.462. The molecule has 5 nitrogen and oxygen atoms in total. The minimum atomic E-state index is -4.46. The molecule has 3 amide bonds. The van der Waals surface area contributed by atoms with Gasteiger partial charge < -0.3 is 16.0 Å². The fourth-order valence-corrected chi connectivity index (χ4v) is 2.83. The predicted molar refractivity (Wildman–Crippen MR) is 93.6 cm³/mol. The van der Waals surface area contributed by atoms with Crippen LogP contribution in [0.3, 0.4) is 0 Å². The lowest BCUT2D eigenvalue weighted by Gasteiger charge is -2.28. The first-order valence-electron chi connectivity index (χ1n) is 8.07. The van der Waals surface area contributed by atoms with Crippen molar-refractivity contribution in [3.05, 3.63) is 77.0 Å². The molecule has 0 bridgehead atoms. The number of carbonyl (C=O) groups excluding carboxylic acids is 2. The second-order valence-electron chi connectivity index (χ2n) is 6.01. The standard InChI is InChI=1S/C19H16F3N3O2/c1-11-15(17(26)24-14-5-3-2-4-6-14)16(25-18(27)23-11)12-7-9-13(10-8-12)19(20,21)22/h2-10,16H,1H3,(H,24,26)(H2,23,25,27)/t16-/m1/s1. The normalized spacial score (nSPS) is 17.2. The van der Waals surface area contributed by atoms with Gasteiger partial charge in [0.05, 0.1) is 17.2 Å². The first-order valence-corrected chi connectivity index (χ1v) is 8.07. The average molecular weight is 375 g/mol. The summed E-state index contributed by atoms with van der Waals surface area (Å²) in [5, 5.41) is 7.83. The Labute approximate surface area is 153 Å². The fourth-order valence-electron chi connectivity index (χ4n) is 2.83. The largest absolute Gasteiger partial charge is 0.416 e. The van der Waals surface area contributed by atoms with Gasteiger partial charge in [-0.1, -0.05) is 30.3 Å². The fraction of sp³-hybridized carbons (Fsp3) is 0.158. The summed E-state index contributed by atoms with van der Waals surface area (Å²) in [6.07, 6.45) is -4.46. The number of halogens is 3. The first-order chi connectivity index (χ1) is 12.8. The van der Waals surface area contributed by atoms with E-state index in [2.05, 4.69) is 16.0 Å². The number of nitrogens with one attached hydrogen (secondary N) is 3. The van der Waals surface area contributed by atoms with Crippen molar-refractivity contribution >= 4 is 17.6 Å². The zero-order chi connectivity index (χ0) is 19.6. The number of hydrogen-bond donors (Lipinski definition) is 3. The maximum atomic E-state index is 12.8. The molecule has 2 aromatic rings. The zero-order valence-corrected chi connectivity index (χ0v) is 14.2. The van der Waals surface area contributed by atoms with Crippen LogP contribution in [-0.2, 0) is 11.0 Å².